The minimum atomic E-state index is -0.687. The van der Waals surface area contributed by atoms with Gasteiger partial charge in [0, 0.05) is 11.6 Å². The average Bonchev–Trinajstić information content (AvgIpc) is 3.08. The van der Waals surface area contributed by atoms with Gasteiger partial charge in [0.25, 0.3) is 0 Å². The van der Waals surface area contributed by atoms with E-state index in [0.717, 1.165) is 16.3 Å². The van der Waals surface area contributed by atoms with Crippen LogP contribution in [0.5, 0.6) is 11.5 Å². The third kappa shape index (κ3) is 2.77. The zero-order chi connectivity index (χ0) is 18.1. The number of ether oxygens (including phenoxy) is 3. The molecule has 1 aliphatic rings. The molecule has 0 bridgehead atoms. The molecule has 4 rings (SSSR count). The second kappa shape index (κ2) is 6.52. The van der Waals surface area contributed by atoms with Crippen LogP contribution in [0.4, 0.5) is 0 Å². The van der Waals surface area contributed by atoms with Crippen molar-refractivity contribution >= 4 is 22.6 Å². The third-order valence-electron chi connectivity index (χ3n) is 4.38. The lowest BCUT2D eigenvalue weighted by atomic mass is 9.99. The second-order valence-electron chi connectivity index (χ2n) is 5.93. The molecule has 0 aliphatic carbocycles. The first-order valence-corrected chi connectivity index (χ1v) is 8.20. The monoisotopic (exact) mass is 347 g/mol. The Morgan fingerprint density at radius 1 is 0.923 bits per heavy atom. The molecule has 1 aliphatic heterocycles. The standard InChI is InChI=1S/C21H17NO4/c1-24-15-10-14(11-16(12-15)25-2)20-22-19(21(23)26-20)18-9-5-7-13-6-3-4-8-17(13)18/h3-12,19H,1-2H3/t19-/m1/s1. The van der Waals surface area contributed by atoms with Crippen molar-refractivity contribution in [2.45, 2.75) is 6.04 Å². The molecule has 5 heteroatoms. The molecule has 0 saturated heterocycles. The smallest absolute Gasteiger partial charge is 0.342 e. The number of rotatable bonds is 4. The van der Waals surface area contributed by atoms with Crippen molar-refractivity contribution in [2.24, 2.45) is 4.99 Å². The van der Waals surface area contributed by atoms with Gasteiger partial charge in [0.2, 0.25) is 5.90 Å². The van der Waals surface area contributed by atoms with Crippen LogP contribution in [0.3, 0.4) is 0 Å². The second-order valence-corrected chi connectivity index (χ2v) is 5.93. The van der Waals surface area contributed by atoms with Crippen LogP contribution < -0.4 is 9.47 Å². The zero-order valence-electron chi connectivity index (χ0n) is 14.4. The third-order valence-corrected chi connectivity index (χ3v) is 4.38. The number of hydrogen-bond donors (Lipinski definition) is 0. The van der Waals surface area contributed by atoms with E-state index in [1.807, 2.05) is 42.5 Å². The van der Waals surface area contributed by atoms with Gasteiger partial charge in [0.05, 0.1) is 14.2 Å². The Hall–Kier alpha value is -3.34. The number of cyclic esters (lactones) is 1. The fraction of sp³-hybridized carbons (Fsp3) is 0.143. The Morgan fingerprint density at radius 2 is 1.62 bits per heavy atom. The lowest BCUT2D eigenvalue weighted by molar-refractivity contribution is -0.135. The first-order valence-electron chi connectivity index (χ1n) is 8.20. The fourth-order valence-corrected chi connectivity index (χ4v) is 3.10. The maximum Gasteiger partial charge on any atom is 0.342 e. The van der Waals surface area contributed by atoms with E-state index >= 15 is 0 Å². The molecule has 0 amide bonds. The molecule has 0 aromatic heterocycles. The molecule has 0 unspecified atom stereocenters. The van der Waals surface area contributed by atoms with Gasteiger partial charge in [0.1, 0.15) is 11.5 Å². The van der Waals surface area contributed by atoms with Crippen molar-refractivity contribution < 1.29 is 19.0 Å². The number of hydrogen-bond acceptors (Lipinski definition) is 5. The van der Waals surface area contributed by atoms with Crippen molar-refractivity contribution in [1.29, 1.82) is 0 Å². The molecule has 130 valence electrons. The number of carbonyl (C=O) groups excluding carboxylic acids is 1. The SMILES string of the molecule is COc1cc(OC)cc(C2=N[C@H](c3cccc4ccccc34)C(=O)O2)c1. The van der Waals surface area contributed by atoms with Gasteiger partial charge in [-0.15, -0.1) is 0 Å². The molecule has 3 aromatic carbocycles. The summed E-state index contributed by atoms with van der Waals surface area (Å²) in [7, 11) is 3.14. The lowest BCUT2D eigenvalue weighted by Crippen LogP contribution is -2.09. The van der Waals surface area contributed by atoms with Gasteiger partial charge in [-0.2, -0.15) is 0 Å². The van der Waals surface area contributed by atoms with E-state index in [2.05, 4.69) is 4.99 Å². The molecule has 0 spiro atoms. The lowest BCUT2D eigenvalue weighted by Gasteiger charge is -2.08. The molecular formula is C21H17NO4. The van der Waals surface area contributed by atoms with Crippen molar-refractivity contribution in [3.8, 4) is 11.5 Å². The summed E-state index contributed by atoms with van der Waals surface area (Å²) in [5, 5.41) is 2.05. The molecule has 1 heterocycles. The van der Waals surface area contributed by atoms with Crippen LogP contribution in [0.15, 0.2) is 65.7 Å². The molecule has 26 heavy (non-hydrogen) atoms. The van der Waals surface area contributed by atoms with Crippen LogP contribution in [0.1, 0.15) is 17.2 Å². The van der Waals surface area contributed by atoms with Crippen LogP contribution >= 0.6 is 0 Å². The Bertz CT molecular complexity index is 998. The normalized spacial score (nSPS) is 16.3. The Balaban J connectivity index is 1.78. The summed E-state index contributed by atoms with van der Waals surface area (Å²) in [5.74, 6) is 1.08. The van der Waals surface area contributed by atoms with Crippen molar-refractivity contribution in [3.63, 3.8) is 0 Å². The quantitative estimate of drug-likeness (QED) is 0.672. The molecular weight excluding hydrogens is 330 g/mol. The molecule has 0 saturated carbocycles. The highest BCUT2D eigenvalue weighted by Crippen LogP contribution is 2.33. The van der Waals surface area contributed by atoms with Crippen molar-refractivity contribution in [3.05, 3.63) is 71.8 Å². The zero-order valence-corrected chi connectivity index (χ0v) is 14.4. The van der Waals surface area contributed by atoms with E-state index in [4.69, 9.17) is 14.2 Å². The molecule has 5 nitrogen and oxygen atoms in total. The highest BCUT2D eigenvalue weighted by molar-refractivity contribution is 6.08. The summed E-state index contributed by atoms with van der Waals surface area (Å²) >= 11 is 0. The van der Waals surface area contributed by atoms with E-state index in [-0.39, 0.29) is 5.90 Å². The minimum absolute atomic E-state index is 0.269. The van der Waals surface area contributed by atoms with Gasteiger partial charge in [-0.25, -0.2) is 9.79 Å². The van der Waals surface area contributed by atoms with Crippen molar-refractivity contribution in [1.82, 2.24) is 0 Å². The van der Waals surface area contributed by atoms with Gasteiger partial charge >= 0.3 is 5.97 Å². The number of benzene rings is 3. The van der Waals surface area contributed by atoms with E-state index in [1.165, 1.54) is 0 Å². The van der Waals surface area contributed by atoms with Gasteiger partial charge in [-0.3, -0.25) is 0 Å². The van der Waals surface area contributed by atoms with E-state index in [9.17, 15) is 4.79 Å². The Morgan fingerprint density at radius 3 is 2.35 bits per heavy atom. The molecule has 3 aromatic rings. The van der Waals surface area contributed by atoms with E-state index in [1.54, 1.807) is 32.4 Å². The summed E-state index contributed by atoms with van der Waals surface area (Å²) < 4.78 is 16.0. The van der Waals surface area contributed by atoms with Crippen LogP contribution in [0.2, 0.25) is 0 Å². The fourth-order valence-electron chi connectivity index (χ4n) is 3.10. The van der Waals surface area contributed by atoms with Crippen molar-refractivity contribution in [2.75, 3.05) is 14.2 Å². The Kier molecular flexibility index (Phi) is 4.05. The van der Waals surface area contributed by atoms with Gasteiger partial charge in [-0.05, 0) is 28.5 Å². The first-order chi connectivity index (χ1) is 12.7. The summed E-state index contributed by atoms with van der Waals surface area (Å²) in [5.41, 5.74) is 1.47. The average molecular weight is 347 g/mol. The number of fused-ring (bicyclic) bond motifs is 1. The summed E-state index contributed by atoms with van der Waals surface area (Å²) in [6.07, 6.45) is 0. The maximum atomic E-state index is 12.5. The number of carbonyl (C=O) groups is 1. The number of methoxy groups -OCH3 is 2. The summed E-state index contributed by atoms with van der Waals surface area (Å²) in [6, 6.07) is 18.4. The van der Waals surface area contributed by atoms with E-state index in [0.29, 0.717) is 17.1 Å². The molecule has 0 radical (unpaired) electrons. The predicted molar refractivity (Wildman–Crippen MR) is 98.9 cm³/mol. The number of nitrogens with zero attached hydrogens (tertiary/aromatic N) is 1. The Labute approximate surface area is 150 Å². The summed E-state index contributed by atoms with van der Waals surface area (Å²) in [4.78, 5) is 17.1. The largest absolute Gasteiger partial charge is 0.497 e. The van der Waals surface area contributed by atoms with Crippen LogP contribution in [-0.2, 0) is 9.53 Å². The molecule has 1 atom stereocenters. The summed E-state index contributed by atoms with van der Waals surface area (Å²) in [6.45, 7) is 0. The van der Waals surface area contributed by atoms with Gasteiger partial charge in [-0.1, -0.05) is 42.5 Å². The number of aliphatic imine (C=N–C) groups is 1. The predicted octanol–water partition coefficient (Wildman–Crippen LogP) is 3.90. The molecule has 0 N–H and O–H groups in total. The van der Waals surface area contributed by atoms with Crippen LogP contribution in [0.25, 0.3) is 10.8 Å². The van der Waals surface area contributed by atoms with Gasteiger partial charge in [0.15, 0.2) is 6.04 Å². The number of esters is 1. The highest BCUT2D eigenvalue weighted by atomic mass is 16.6. The highest BCUT2D eigenvalue weighted by Gasteiger charge is 2.32. The maximum absolute atomic E-state index is 12.5. The van der Waals surface area contributed by atoms with Crippen LogP contribution in [0, 0.1) is 0 Å². The van der Waals surface area contributed by atoms with Crippen LogP contribution in [-0.4, -0.2) is 26.1 Å². The van der Waals surface area contributed by atoms with E-state index < -0.39 is 12.0 Å². The van der Waals surface area contributed by atoms with Gasteiger partial charge < -0.3 is 14.2 Å². The first kappa shape index (κ1) is 16.1. The topological polar surface area (TPSA) is 57.1 Å². The minimum Gasteiger partial charge on any atom is -0.497 e. The molecule has 0 fully saturated rings.